The molecule has 1 saturated heterocycles. The van der Waals surface area contributed by atoms with E-state index in [0.29, 0.717) is 13.1 Å². The van der Waals surface area contributed by atoms with E-state index in [0.717, 1.165) is 6.42 Å². The number of hydrogen-bond acceptors (Lipinski definition) is 3. The fraction of sp³-hybridized carbons (Fsp3) is 0.800. The van der Waals surface area contributed by atoms with Gasteiger partial charge in [0, 0.05) is 27.1 Å². The second-order valence-corrected chi connectivity index (χ2v) is 4.15. The maximum absolute atomic E-state index is 11.6. The van der Waals surface area contributed by atoms with Crippen LogP contribution in [0.1, 0.15) is 20.3 Å². The molecule has 15 heavy (non-hydrogen) atoms. The number of carbonyl (C=O) groups excluding carboxylic acids is 2. The molecule has 2 N–H and O–H groups in total. The van der Waals surface area contributed by atoms with E-state index in [1.807, 2.05) is 0 Å². The summed E-state index contributed by atoms with van der Waals surface area (Å²) >= 11 is 0. The van der Waals surface area contributed by atoms with Crippen LogP contribution in [0.4, 0.5) is 0 Å². The molecule has 86 valence electrons. The molecule has 0 spiro atoms. The molecule has 0 unspecified atom stereocenters. The molecule has 0 aromatic carbocycles. The molecule has 0 aromatic heterocycles. The fourth-order valence-electron chi connectivity index (χ4n) is 1.80. The zero-order chi connectivity index (χ0) is 11.6. The maximum atomic E-state index is 11.6. The Kier molecular flexibility index (Phi) is 3.68. The van der Waals surface area contributed by atoms with Crippen molar-refractivity contribution in [3.63, 3.8) is 0 Å². The van der Waals surface area contributed by atoms with Crippen molar-refractivity contribution >= 4 is 11.8 Å². The zero-order valence-corrected chi connectivity index (χ0v) is 9.56. The average Bonchev–Trinajstić information content (AvgIpc) is 2.63. The number of rotatable bonds is 2. The normalized spacial score (nSPS) is 22.7. The first-order valence-electron chi connectivity index (χ1n) is 5.21. The lowest BCUT2D eigenvalue weighted by Crippen LogP contribution is -2.43. The standard InChI is InChI=1S/C10H19N3O2/c1-7(11)10(15)13-5-4-9(6-13)12(3)8(2)14/h7,9H,4-6,11H2,1-3H3/t7-,9+/m0/s1. The Morgan fingerprint density at radius 3 is 2.60 bits per heavy atom. The molecule has 0 bridgehead atoms. The van der Waals surface area contributed by atoms with E-state index < -0.39 is 6.04 Å². The van der Waals surface area contributed by atoms with Crippen LogP contribution in [0.25, 0.3) is 0 Å². The van der Waals surface area contributed by atoms with Crippen molar-refractivity contribution < 1.29 is 9.59 Å². The van der Waals surface area contributed by atoms with Crippen molar-refractivity contribution in [2.24, 2.45) is 5.73 Å². The van der Waals surface area contributed by atoms with Gasteiger partial charge in [-0.05, 0) is 13.3 Å². The van der Waals surface area contributed by atoms with Crippen LogP contribution in [-0.4, -0.2) is 53.8 Å². The topological polar surface area (TPSA) is 66.6 Å². The summed E-state index contributed by atoms with van der Waals surface area (Å²) in [7, 11) is 1.77. The highest BCUT2D eigenvalue weighted by Crippen LogP contribution is 2.15. The van der Waals surface area contributed by atoms with Gasteiger partial charge in [-0.25, -0.2) is 0 Å². The number of nitrogens with zero attached hydrogens (tertiary/aromatic N) is 2. The van der Waals surface area contributed by atoms with Crippen LogP contribution < -0.4 is 5.73 Å². The van der Waals surface area contributed by atoms with Gasteiger partial charge >= 0.3 is 0 Å². The molecule has 2 amide bonds. The van der Waals surface area contributed by atoms with Crippen LogP contribution in [0, 0.1) is 0 Å². The van der Waals surface area contributed by atoms with Crippen LogP contribution >= 0.6 is 0 Å². The lowest BCUT2D eigenvalue weighted by atomic mass is 10.2. The van der Waals surface area contributed by atoms with Gasteiger partial charge in [0.1, 0.15) is 0 Å². The van der Waals surface area contributed by atoms with Crippen molar-refractivity contribution in [2.75, 3.05) is 20.1 Å². The molecule has 5 heteroatoms. The van der Waals surface area contributed by atoms with Gasteiger partial charge in [0.25, 0.3) is 0 Å². The van der Waals surface area contributed by atoms with Crippen LogP contribution in [-0.2, 0) is 9.59 Å². The zero-order valence-electron chi connectivity index (χ0n) is 9.56. The summed E-state index contributed by atoms with van der Waals surface area (Å²) in [5.74, 6) is 0.00421. The number of likely N-dealkylation sites (N-methyl/N-ethyl adjacent to an activating group) is 1. The fourth-order valence-corrected chi connectivity index (χ4v) is 1.80. The Hall–Kier alpha value is -1.10. The smallest absolute Gasteiger partial charge is 0.239 e. The minimum atomic E-state index is -0.452. The van der Waals surface area contributed by atoms with E-state index in [4.69, 9.17) is 5.73 Å². The van der Waals surface area contributed by atoms with E-state index in [9.17, 15) is 9.59 Å². The minimum absolute atomic E-state index is 0.0329. The number of nitrogens with two attached hydrogens (primary N) is 1. The summed E-state index contributed by atoms with van der Waals surface area (Å²) in [6, 6.07) is -0.309. The highest BCUT2D eigenvalue weighted by Gasteiger charge is 2.30. The maximum Gasteiger partial charge on any atom is 0.239 e. The monoisotopic (exact) mass is 213 g/mol. The largest absolute Gasteiger partial charge is 0.341 e. The van der Waals surface area contributed by atoms with Crippen molar-refractivity contribution in [1.82, 2.24) is 9.80 Å². The molecule has 1 aliphatic heterocycles. The third-order valence-electron chi connectivity index (χ3n) is 2.91. The van der Waals surface area contributed by atoms with Crippen LogP contribution in [0.3, 0.4) is 0 Å². The number of carbonyl (C=O) groups is 2. The molecule has 2 atom stereocenters. The van der Waals surface area contributed by atoms with E-state index >= 15 is 0 Å². The molecular weight excluding hydrogens is 194 g/mol. The van der Waals surface area contributed by atoms with Gasteiger partial charge in [0.2, 0.25) is 11.8 Å². The summed E-state index contributed by atoms with van der Waals surface area (Å²) < 4.78 is 0. The Balaban J connectivity index is 2.52. The predicted octanol–water partition coefficient (Wildman–Crippen LogP) is -0.587. The molecule has 0 saturated carbocycles. The predicted molar refractivity (Wildman–Crippen MR) is 57.1 cm³/mol. The van der Waals surface area contributed by atoms with Gasteiger partial charge < -0.3 is 15.5 Å². The highest BCUT2D eigenvalue weighted by atomic mass is 16.2. The molecule has 1 rings (SSSR count). The molecular formula is C10H19N3O2. The van der Waals surface area contributed by atoms with Gasteiger partial charge in [-0.1, -0.05) is 0 Å². The quantitative estimate of drug-likeness (QED) is 0.667. The third kappa shape index (κ3) is 2.68. The summed E-state index contributed by atoms with van der Waals surface area (Å²) in [4.78, 5) is 26.1. The summed E-state index contributed by atoms with van der Waals surface area (Å²) in [6.45, 7) is 4.53. The molecule has 1 aliphatic rings. The van der Waals surface area contributed by atoms with Gasteiger partial charge in [0.15, 0.2) is 0 Å². The Morgan fingerprint density at radius 1 is 1.53 bits per heavy atom. The lowest BCUT2D eigenvalue weighted by Gasteiger charge is -2.24. The van der Waals surface area contributed by atoms with Crippen LogP contribution in [0.15, 0.2) is 0 Å². The van der Waals surface area contributed by atoms with Crippen LogP contribution in [0.2, 0.25) is 0 Å². The average molecular weight is 213 g/mol. The van der Waals surface area contributed by atoms with Gasteiger partial charge in [-0.3, -0.25) is 9.59 Å². The van der Waals surface area contributed by atoms with Crippen molar-refractivity contribution in [2.45, 2.75) is 32.4 Å². The van der Waals surface area contributed by atoms with Crippen molar-refractivity contribution in [1.29, 1.82) is 0 Å². The molecule has 5 nitrogen and oxygen atoms in total. The number of hydrogen-bond donors (Lipinski definition) is 1. The molecule has 1 fully saturated rings. The first-order chi connectivity index (χ1) is 6.93. The number of likely N-dealkylation sites (tertiary alicyclic amines) is 1. The van der Waals surface area contributed by atoms with Gasteiger partial charge in [-0.2, -0.15) is 0 Å². The first kappa shape index (κ1) is 12.0. The molecule has 1 heterocycles. The van der Waals surface area contributed by atoms with E-state index in [1.165, 1.54) is 6.92 Å². The van der Waals surface area contributed by atoms with E-state index in [2.05, 4.69) is 0 Å². The first-order valence-corrected chi connectivity index (χ1v) is 5.21. The highest BCUT2D eigenvalue weighted by molar-refractivity contribution is 5.81. The molecule has 0 radical (unpaired) electrons. The Bertz CT molecular complexity index is 265. The number of amides is 2. The SMILES string of the molecule is CC(=O)N(C)[C@@H]1CCN(C(=O)[C@H](C)N)C1. The van der Waals surface area contributed by atoms with Gasteiger partial charge in [0.05, 0.1) is 12.1 Å². The van der Waals surface area contributed by atoms with Crippen molar-refractivity contribution in [3.8, 4) is 0 Å². The minimum Gasteiger partial charge on any atom is -0.341 e. The Morgan fingerprint density at radius 2 is 2.13 bits per heavy atom. The third-order valence-corrected chi connectivity index (χ3v) is 2.91. The molecule has 0 aromatic rings. The summed E-state index contributed by atoms with van der Waals surface area (Å²) in [5.41, 5.74) is 5.53. The van der Waals surface area contributed by atoms with Crippen LogP contribution in [0.5, 0.6) is 0 Å². The second-order valence-electron chi connectivity index (χ2n) is 4.15. The Labute approximate surface area is 90.2 Å². The van der Waals surface area contributed by atoms with Crippen molar-refractivity contribution in [3.05, 3.63) is 0 Å². The van der Waals surface area contributed by atoms with Gasteiger partial charge in [-0.15, -0.1) is 0 Å². The lowest BCUT2D eigenvalue weighted by molar-refractivity contribution is -0.133. The van der Waals surface area contributed by atoms with E-state index in [-0.39, 0.29) is 17.9 Å². The van der Waals surface area contributed by atoms with E-state index in [1.54, 1.807) is 23.8 Å². The second kappa shape index (κ2) is 4.61. The summed E-state index contributed by atoms with van der Waals surface area (Å²) in [5, 5.41) is 0. The molecule has 0 aliphatic carbocycles. The summed E-state index contributed by atoms with van der Waals surface area (Å²) in [6.07, 6.45) is 0.842.